The summed E-state index contributed by atoms with van der Waals surface area (Å²) in [7, 11) is -3.05. The largest absolute Gasteiger partial charge is 0.335 e. The van der Waals surface area contributed by atoms with Crippen molar-refractivity contribution in [3.8, 4) is 0 Å². The van der Waals surface area contributed by atoms with Crippen molar-refractivity contribution in [3.05, 3.63) is 42.2 Å². The number of hydrogen-bond donors (Lipinski definition) is 0. The molecule has 1 aliphatic rings. The number of fused-ring (bicyclic) bond motifs is 1. The first-order valence-corrected chi connectivity index (χ1v) is 8.87. The third-order valence-corrected chi connectivity index (χ3v) is 5.84. The first-order chi connectivity index (χ1) is 9.98. The second kappa shape index (κ2) is 5.18. The van der Waals surface area contributed by atoms with Crippen molar-refractivity contribution >= 4 is 21.3 Å². The van der Waals surface area contributed by atoms with Gasteiger partial charge in [0.2, 0.25) is 0 Å². The third-order valence-electron chi connectivity index (χ3n) is 3.94. The predicted molar refractivity (Wildman–Crippen MR) is 81.2 cm³/mol. The van der Waals surface area contributed by atoms with E-state index in [-0.39, 0.29) is 23.5 Å². The van der Waals surface area contributed by atoms with E-state index in [0.29, 0.717) is 18.5 Å². The molecule has 112 valence electrons. The first-order valence-electron chi connectivity index (χ1n) is 7.05. The van der Waals surface area contributed by atoms with Gasteiger partial charge in [0.25, 0.3) is 5.91 Å². The van der Waals surface area contributed by atoms with Gasteiger partial charge in [-0.3, -0.25) is 4.79 Å². The number of rotatable bonds is 1. The van der Waals surface area contributed by atoms with Crippen LogP contribution in [0.1, 0.15) is 23.7 Å². The van der Waals surface area contributed by atoms with Gasteiger partial charge < -0.3 is 9.30 Å². The fraction of sp³-hybridized carbons (Fsp3) is 0.400. The molecule has 2 aromatic rings. The minimum absolute atomic E-state index is 0.0462. The van der Waals surface area contributed by atoms with Gasteiger partial charge in [0.05, 0.1) is 22.6 Å². The van der Waals surface area contributed by atoms with E-state index in [1.165, 1.54) is 0 Å². The van der Waals surface area contributed by atoms with Gasteiger partial charge in [-0.1, -0.05) is 6.07 Å². The van der Waals surface area contributed by atoms with Crippen molar-refractivity contribution in [3.63, 3.8) is 0 Å². The standard InChI is InChI=1S/C15H18N2O3S/c1-12-11-21(19,20)10-4-8-17(12)15(18)13-6-9-16-7-3-2-5-14(13)16/h2-3,5-7,9,12H,4,8,10-11H2,1H3. The van der Waals surface area contributed by atoms with Gasteiger partial charge in [-0.15, -0.1) is 0 Å². The highest BCUT2D eigenvalue weighted by Crippen LogP contribution is 2.19. The average molecular weight is 306 g/mol. The van der Waals surface area contributed by atoms with E-state index in [9.17, 15) is 13.2 Å². The third kappa shape index (κ3) is 2.68. The lowest BCUT2D eigenvalue weighted by Crippen LogP contribution is -2.40. The minimum atomic E-state index is -3.05. The van der Waals surface area contributed by atoms with Crippen LogP contribution < -0.4 is 0 Å². The van der Waals surface area contributed by atoms with E-state index in [1.807, 2.05) is 35.0 Å². The van der Waals surface area contributed by atoms with Crippen LogP contribution in [0, 0.1) is 0 Å². The zero-order valence-corrected chi connectivity index (χ0v) is 12.7. The van der Waals surface area contributed by atoms with Gasteiger partial charge in [-0.05, 0) is 31.5 Å². The van der Waals surface area contributed by atoms with Crippen molar-refractivity contribution in [2.45, 2.75) is 19.4 Å². The smallest absolute Gasteiger partial charge is 0.256 e. The minimum Gasteiger partial charge on any atom is -0.335 e. The fourth-order valence-electron chi connectivity index (χ4n) is 2.91. The molecule has 1 aliphatic heterocycles. The number of nitrogens with zero attached hydrogens (tertiary/aromatic N) is 2. The molecule has 6 heteroatoms. The molecule has 21 heavy (non-hydrogen) atoms. The first kappa shape index (κ1) is 14.1. The quantitative estimate of drug-likeness (QED) is 0.804. The Balaban J connectivity index is 1.94. The van der Waals surface area contributed by atoms with Gasteiger partial charge in [0, 0.05) is 25.0 Å². The van der Waals surface area contributed by atoms with Gasteiger partial charge in [-0.2, -0.15) is 0 Å². The van der Waals surface area contributed by atoms with Gasteiger partial charge in [0.15, 0.2) is 9.84 Å². The lowest BCUT2D eigenvalue weighted by atomic mass is 10.2. The Morgan fingerprint density at radius 3 is 2.86 bits per heavy atom. The number of pyridine rings is 1. The second-order valence-corrected chi connectivity index (χ2v) is 7.77. The summed E-state index contributed by atoms with van der Waals surface area (Å²) in [6, 6.07) is 7.20. The van der Waals surface area contributed by atoms with E-state index < -0.39 is 9.84 Å². The second-order valence-electron chi connectivity index (χ2n) is 5.54. The van der Waals surface area contributed by atoms with E-state index in [4.69, 9.17) is 0 Å². The average Bonchev–Trinajstić information content (AvgIpc) is 2.80. The number of amides is 1. The molecule has 1 unspecified atom stereocenters. The zero-order valence-electron chi connectivity index (χ0n) is 11.9. The van der Waals surface area contributed by atoms with E-state index >= 15 is 0 Å². The maximum absolute atomic E-state index is 12.8. The molecule has 0 spiro atoms. The van der Waals surface area contributed by atoms with Crippen molar-refractivity contribution < 1.29 is 13.2 Å². The summed E-state index contributed by atoms with van der Waals surface area (Å²) >= 11 is 0. The lowest BCUT2D eigenvalue weighted by molar-refractivity contribution is 0.0715. The Labute approximate surface area is 124 Å². The Hall–Kier alpha value is -1.82. The van der Waals surface area contributed by atoms with E-state index in [0.717, 1.165) is 5.52 Å². The molecule has 1 fully saturated rings. The van der Waals surface area contributed by atoms with Crippen molar-refractivity contribution in [2.75, 3.05) is 18.1 Å². The van der Waals surface area contributed by atoms with Crippen molar-refractivity contribution in [1.29, 1.82) is 0 Å². The van der Waals surface area contributed by atoms with Crippen LogP contribution in [0.5, 0.6) is 0 Å². The number of carbonyl (C=O) groups is 1. The Bertz CT molecular complexity index is 779. The number of sulfone groups is 1. The maximum atomic E-state index is 12.8. The summed E-state index contributed by atoms with van der Waals surface area (Å²) in [5.74, 6) is 0.121. The molecule has 1 atom stereocenters. The highest BCUT2D eigenvalue weighted by Gasteiger charge is 2.30. The SMILES string of the molecule is CC1CS(=O)(=O)CCCN1C(=O)c1ccn2ccccc12. The molecule has 0 aromatic carbocycles. The summed E-state index contributed by atoms with van der Waals surface area (Å²) < 4.78 is 25.5. The summed E-state index contributed by atoms with van der Waals surface area (Å²) in [6.45, 7) is 2.29. The van der Waals surface area contributed by atoms with E-state index in [2.05, 4.69) is 0 Å². The Kier molecular flexibility index (Phi) is 3.49. The lowest BCUT2D eigenvalue weighted by Gasteiger charge is -2.26. The Morgan fingerprint density at radius 2 is 2.05 bits per heavy atom. The highest BCUT2D eigenvalue weighted by molar-refractivity contribution is 7.91. The molecular formula is C15H18N2O3S. The number of aromatic nitrogens is 1. The molecule has 0 aliphatic carbocycles. The number of carbonyl (C=O) groups excluding carboxylic acids is 1. The van der Waals surface area contributed by atoms with Crippen molar-refractivity contribution in [2.24, 2.45) is 0 Å². The van der Waals surface area contributed by atoms with Crippen LogP contribution >= 0.6 is 0 Å². The Morgan fingerprint density at radius 1 is 1.24 bits per heavy atom. The zero-order chi connectivity index (χ0) is 15.0. The summed E-state index contributed by atoms with van der Waals surface area (Å²) in [5, 5.41) is 0. The van der Waals surface area contributed by atoms with Gasteiger partial charge in [-0.25, -0.2) is 8.42 Å². The van der Waals surface area contributed by atoms with Crippen LogP contribution in [-0.4, -0.2) is 47.7 Å². The van der Waals surface area contributed by atoms with Crippen LogP contribution in [0.2, 0.25) is 0 Å². The molecule has 0 bridgehead atoms. The van der Waals surface area contributed by atoms with Crippen LogP contribution in [0.15, 0.2) is 36.7 Å². The molecule has 2 aromatic heterocycles. The van der Waals surface area contributed by atoms with Crippen LogP contribution in [-0.2, 0) is 9.84 Å². The molecular weight excluding hydrogens is 288 g/mol. The molecule has 0 N–H and O–H groups in total. The summed E-state index contributed by atoms with van der Waals surface area (Å²) in [6.07, 6.45) is 4.24. The van der Waals surface area contributed by atoms with Crippen molar-refractivity contribution in [1.82, 2.24) is 9.30 Å². The monoisotopic (exact) mass is 306 g/mol. The molecule has 3 heterocycles. The van der Waals surface area contributed by atoms with Crippen LogP contribution in [0.4, 0.5) is 0 Å². The van der Waals surface area contributed by atoms with Crippen LogP contribution in [0.3, 0.4) is 0 Å². The predicted octanol–water partition coefficient (Wildman–Crippen LogP) is 1.59. The number of hydrogen-bond acceptors (Lipinski definition) is 3. The molecule has 1 saturated heterocycles. The molecule has 1 amide bonds. The molecule has 5 nitrogen and oxygen atoms in total. The fourth-order valence-corrected chi connectivity index (χ4v) is 4.56. The summed E-state index contributed by atoms with van der Waals surface area (Å²) in [5.41, 5.74) is 1.48. The van der Waals surface area contributed by atoms with Gasteiger partial charge in [0.1, 0.15) is 0 Å². The molecule has 3 rings (SSSR count). The normalized spacial score (nSPS) is 22.1. The topological polar surface area (TPSA) is 58.9 Å². The summed E-state index contributed by atoms with van der Waals surface area (Å²) in [4.78, 5) is 14.5. The maximum Gasteiger partial charge on any atom is 0.256 e. The molecule has 0 saturated carbocycles. The highest BCUT2D eigenvalue weighted by atomic mass is 32.2. The van der Waals surface area contributed by atoms with Gasteiger partial charge >= 0.3 is 0 Å². The molecule has 0 radical (unpaired) electrons. The van der Waals surface area contributed by atoms with E-state index in [1.54, 1.807) is 17.9 Å². The van der Waals surface area contributed by atoms with Crippen LogP contribution in [0.25, 0.3) is 5.52 Å².